The van der Waals surface area contributed by atoms with Crippen molar-refractivity contribution in [2.45, 2.75) is 57.1 Å². The van der Waals surface area contributed by atoms with Gasteiger partial charge in [-0.15, -0.1) is 0 Å². The highest BCUT2D eigenvalue weighted by Gasteiger charge is 2.27. The zero-order valence-corrected chi connectivity index (χ0v) is 21.0. The van der Waals surface area contributed by atoms with E-state index in [0.717, 1.165) is 64.5 Å². The van der Waals surface area contributed by atoms with Gasteiger partial charge in [0.15, 0.2) is 0 Å². The van der Waals surface area contributed by atoms with Gasteiger partial charge >= 0.3 is 5.97 Å². The minimum atomic E-state index is -0.937. The predicted octanol–water partition coefficient (Wildman–Crippen LogP) is 6.00. The fourth-order valence-electron chi connectivity index (χ4n) is 5.46. The second-order valence-corrected chi connectivity index (χ2v) is 10.8. The minimum absolute atomic E-state index is 0.260. The average molecular weight is 503 g/mol. The Bertz CT molecular complexity index is 1330. The van der Waals surface area contributed by atoms with Crippen LogP contribution in [0.15, 0.2) is 54.7 Å². The third-order valence-corrected chi connectivity index (χ3v) is 8.46. The number of piperidine rings is 1. The zero-order valence-electron chi connectivity index (χ0n) is 20.2. The first kappa shape index (κ1) is 23.2. The molecule has 1 saturated heterocycles. The maximum absolute atomic E-state index is 11.1. The molecule has 2 aliphatic rings. The molecule has 3 heterocycles. The Morgan fingerprint density at radius 2 is 1.61 bits per heavy atom. The summed E-state index contributed by atoms with van der Waals surface area (Å²) < 4.78 is 8.15. The number of carbonyl (C=O) groups is 1. The molecule has 0 radical (unpaired) electrons. The van der Waals surface area contributed by atoms with Crippen LogP contribution < -0.4 is 4.74 Å². The summed E-state index contributed by atoms with van der Waals surface area (Å²) in [4.78, 5) is 19.1. The van der Waals surface area contributed by atoms with Gasteiger partial charge in [-0.2, -0.15) is 5.10 Å². The van der Waals surface area contributed by atoms with Crippen molar-refractivity contribution in [2.75, 3.05) is 13.1 Å². The number of nitrogens with zero attached hydrogens (tertiary/aromatic N) is 4. The van der Waals surface area contributed by atoms with Crippen LogP contribution in [-0.4, -0.2) is 55.8 Å². The highest BCUT2D eigenvalue weighted by molar-refractivity contribution is 7.19. The number of hydrogen-bond acceptors (Lipinski definition) is 6. The zero-order chi connectivity index (χ0) is 24.5. The third kappa shape index (κ3) is 4.75. The van der Waals surface area contributed by atoms with Crippen molar-refractivity contribution >= 4 is 22.3 Å². The standard InChI is InChI=1S/C28H30N4O3S/c33-27(34)21-8-6-19(7-9-21)25-18-29-28-32(25)30-26(36-28)20-10-12-23(13-11-20)35-24-14-16-31(17-15-24)22-4-2-1-3-5-22/h6-13,18,22,24H,1-5,14-17H2,(H,33,34). The number of fused-ring (bicyclic) bond motifs is 1. The third-order valence-electron chi connectivity index (χ3n) is 7.48. The molecule has 1 aliphatic heterocycles. The van der Waals surface area contributed by atoms with Crippen molar-refractivity contribution in [3.8, 4) is 27.6 Å². The Kier molecular flexibility index (Phi) is 6.46. The summed E-state index contributed by atoms with van der Waals surface area (Å²) in [5, 5.41) is 14.8. The molecule has 0 amide bonds. The largest absolute Gasteiger partial charge is 0.490 e. The maximum Gasteiger partial charge on any atom is 0.335 e. The van der Waals surface area contributed by atoms with Crippen LogP contribution in [0.4, 0.5) is 0 Å². The van der Waals surface area contributed by atoms with Crippen molar-refractivity contribution in [2.24, 2.45) is 0 Å². The Hall–Kier alpha value is -3.23. The summed E-state index contributed by atoms with van der Waals surface area (Å²) in [6.07, 6.45) is 11.2. The number of benzene rings is 2. The van der Waals surface area contributed by atoms with Gasteiger partial charge in [0.25, 0.3) is 0 Å². The van der Waals surface area contributed by atoms with Gasteiger partial charge in [0.05, 0.1) is 17.5 Å². The molecular weight excluding hydrogens is 472 g/mol. The molecule has 0 bridgehead atoms. The topological polar surface area (TPSA) is 80.0 Å². The van der Waals surface area contributed by atoms with E-state index in [-0.39, 0.29) is 11.7 Å². The van der Waals surface area contributed by atoms with Gasteiger partial charge in [-0.05, 0) is 62.1 Å². The van der Waals surface area contributed by atoms with Crippen LogP contribution in [-0.2, 0) is 0 Å². The van der Waals surface area contributed by atoms with Gasteiger partial charge in [-0.3, -0.25) is 0 Å². The Morgan fingerprint density at radius 1 is 0.917 bits per heavy atom. The van der Waals surface area contributed by atoms with E-state index >= 15 is 0 Å². The Labute approximate surface area is 214 Å². The molecule has 8 heteroatoms. The summed E-state index contributed by atoms with van der Waals surface area (Å²) in [5.41, 5.74) is 3.00. The molecule has 2 fully saturated rings. The number of likely N-dealkylation sites (tertiary alicyclic amines) is 1. The van der Waals surface area contributed by atoms with Gasteiger partial charge in [-0.25, -0.2) is 14.3 Å². The van der Waals surface area contributed by atoms with E-state index in [4.69, 9.17) is 14.9 Å². The van der Waals surface area contributed by atoms with Crippen molar-refractivity contribution in [3.05, 3.63) is 60.3 Å². The van der Waals surface area contributed by atoms with Crippen LogP contribution in [0.2, 0.25) is 0 Å². The molecule has 7 nitrogen and oxygen atoms in total. The molecule has 2 aromatic carbocycles. The lowest BCUT2D eigenvalue weighted by molar-refractivity contribution is 0.0630. The van der Waals surface area contributed by atoms with Gasteiger partial charge in [0, 0.05) is 30.3 Å². The van der Waals surface area contributed by atoms with E-state index in [1.165, 1.54) is 43.4 Å². The van der Waals surface area contributed by atoms with E-state index in [1.807, 2.05) is 16.6 Å². The molecule has 6 rings (SSSR count). The molecular formula is C28H30N4O3S. The summed E-state index contributed by atoms with van der Waals surface area (Å²) in [6.45, 7) is 2.29. The normalized spacial score (nSPS) is 18.0. The van der Waals surface area contributed by atoms with Crippen LogP contribution in [0.1, 0.15) is 55.3 Å². The lowest BCUT2D eigenvalue weighted by atomic mass is 9.92. The summed E-state index contributed by atoms with van der Waals surface area (Å²) in [5.74, 6) is -0.0244. The van der Waals surface area contributed by atoms with Crippen LogP contribution in [0, 0.1) is 0 Å². The van der Waals surface area contributed by atoms with Crippen molar-refractivity contribution in [3.63, 3.8) is 0 Å². The van der Waals surface area contributed by atoms with Crippen LogP contribution in [0.5, 0.6) is 5.75 Å². The van der Waals surface area contributed by atoms with Crippen molar-refractivity contribution in [1.82, 2.24) is 19.5 Å². The molecule has 1 saturated carbocycles. The lowest BCUT2D eigenvalue weighted by Gasteiger charge is -2.39. The lowest BCUT2D eigenvalue weighted by Crippen LogP contribution is -2.44. The first-order valence-corrected chi connectivity index (χ1v) is 13.6. The molecule has 1 aliphatic carbocycles. The minimum Gasteiger partial charge on any atom is -0.490 e. The smallest absolute Gasteiger partial charge is 0.335 e. The number of ether oxygens (including phenoxy) is 1. The molecule has 2 aromatic heterocycles. The predicted molar refractivity (Wildman–Crippen MR) is 141 cm³/mol. The van der Waals surface area contributed by atoms with E-state index in [2.05, 4.69) is 22.0 Å². The number of aromatic nitrogens is 3. The van der Waals surface area contributed by atoms with Gasteiger partial charge in [0.2, 0.25) is 4.96 Å². The summed E-state index contributed by atoms with van der Waals surface area (Å²) in [6, 6.07) is 15.8. The second kappa shape index (κ2) is 10.0. The number of rotatable bonds is 6. The summed E-state index contributed by atoms with van der Waals surface area (Å²) >= 11 is 1.53. The molecule has 0 atom stereocenters. The molecule has 0 spiro atoms. The first-order valence-electron chi connectivity index (χ1n) is 12.8. The van der Waals surface area contributed by atoms with E-state index in [1.54, 1.807) is 30.5 Å². The molecule has 4 aromatic rings. The molecule has 1 N–H and O–H groups in total. The SMILES string of the molecule is O=C(O)c1ccc(-c2cnc3sc(-c4ccc(OC5CCN(C6CCCCC6)CC5)cc4)nn23)cc1. The van der Waals surface area contributed by atoms with E-state index in [9.17, 15) is 4.79 Å². The highest BCUT2D eigenvalue weighted by Crippen LogP contribution is 2.31. The average Bonchev–Trinajstić information content (AvgIpc) is 3.52. The van der Waals surface area contributed by atoms with Crippen LogP contribution >= 0.6 is 11.3 Å². The van der Waals surface area contributed by atoms with Gasteiger partial charge < -0.3 is 14.7 Å². The van der Waals surface area contributed by atoms with Crippen molar-refractivity contribution < 1.29 is 14.6 Å². The number of carboxylic acids is 1. The molecule has 0 unspecified atom stereocenters. The Morgan fingerprint density at radius 3 is 2.31 bits per heavy atom. The monoisotopic (exact) mass is 502 g/mol. The maximum atomic E-state index is 11.1. The van der Waals surface area contributed by atoms with E-state index < -0.39 is 5.97 Å². The number of imidazole rings is 1. The fraction of sp³-hybridized carbons (Fsp3) is 0.393. The number of carboxylic acid groups (broad SMARTS) is 1. The second-order valence-electron chi connectivity index (χ2n) is 9.80. The Balaban J connectivity index is 1.11. The fourth-order valence-corrected chi connectivity index (χ4v) is 6.34. The van der Waals surface area contributed by atoms with Gasteiger partial charge in [0.1, 0.15) is 16.9 Å². The summed E-state index contributed by atoms with van der Waals surface area (Å²) in [7, 11) is 0. The molecule has 36 heavy (non-hydrogen) atoms. The van der Waals surface area contributed by atoms with Crippen LogP contribution in [0.25, 0.3) is 26.8 Å². The quantitative estimate of drug-likeness (QED) is 0.348. The van der Waals surface area contributed by atoms with Crippen LogP contribution in [0.3, 0.4) is 0 Å². The van der Waals surface area contributed by atoms with E-state index in [0.29, 0.717) is 0 Å². The number of aromatic carboxylic acids is 1. The molecule has 186 valence electrons. The van der Waals surface area contributed by atoms with Gasteiger partial charge in [-0.1, -0.05) is 42.7 Å². The van der Waals surface area contributed by atoms with Crippen molar-refractivity contribution in [1.29, 1.82) is 0 Å². The highest BCUT2D eigenvalue weighted by atomic mass is 32.1. The number of hydrogen-bond donors (Lipinski definition) is 1. The first-order chi connectivity index (χ1) is 17.6.